The highest BCUT2D eigenvalue weighted by molar-refractivity contribution is 5.71. The first-order valence-electron chi connectivity index (χ1n) is 30.9. The molecule has 0 aliphatic carbocycles. The summed E-state index contributed by atoms with van der Waals surface area (Å²) >= 11 is 0. The van der Waals surface area contributed by atoms with E-state index in [1.807, 2.05) is 0 Å². The van der Waals surface area contributed by atoms with Crippen LogP contribution in [0.15, 0.2) is 72.9 Å². The minimum Gasteiger partial charge on any atom is -0.462 e. The van der Waals surface area contributed by atoms with E-state index < -0.39 is 6.10 Å². The molecule has 0 amide bonds. The molecule has 0 aromatic carbocycles. The van der Waals surface area contributed by atoms with Crippen molar-refractivity contribution in [3.05, 3.63) is 72.9 Å². The van der Waals surface area contributed by atoms with Crippen molar-refractivity contribution in [1.82, 2.24) is 0 Å². The molecule has 72 heavy (non-hydrogen) atoms. The summed E-state index contributed by atoms with van der Waals surface area (Å²) in [7, 11) is 0. The number of unbranched alkanes of at least 4 members (excludes halogenated alkanes) is 33. The van der Waals surface area contributed by atoms with Gasteiger partial charge in [-0.25, -0.2) is 0 Å². The van der Waals surface area contributed by atoms with Gasteiger partial charge in [-0.3, -0.25) is 14.4 Å². The van der Waals surface area contributed by atoms with E-state index in [1.165, 1.54) is 173 Å². The van der Waals surface area contributed by atoms with Crippen molar-refractivity contribution in [2.45, 2.75) is 316 Å². The summed E-state index contributed by atoms with van der Waals surface area (Å²) < 4.78 is 16.8. The molecule has 0 bridgehead atoms. The molecule has 6 nitrogen and oxygen atoms in total. The van der Waals surface area contributed by atoms with Crippen LogP contribution in [-0.2, 0) is 28.6 Å². The summed E-state index contributed by atoms with van der Waals surface area (Å²) in [6.45, 7) is 6.60. The molecule has 1 unspecified atom stereocenters. The summed E-state index contributed by atoms with van der Waals surface area (Å²) in [5.41, 5.74) is 0. The molecule has 0 aliphatic rings. The van der Waals surface area contributed by atoms with E-state index in [1.54, 1.807) is 0 Å². The lowest BCUT2D eigenvalue weighted by atomic mass is 10.1. The van der Waals surface area contributed by atoms with E-state index >= 15 is 0 Å². The lowest BCUT2D eigenvalue weighted by molar-refractivity contribution is -0.167. The molecule has 0 saturated heterocycles. The van der Waals surface area contributed by atoms with Gasteiger partial charge in [-0.05, 0) is 96.3 Å². The van der Waals surface area contributed by atoms with Crippen LogP contribution in [0.3, 0.4) is 0 Å². The highest BCUT2D eigenvalue weighted by Crippen LogP contribution is 2.15. The SMILES string of the molecule is CCCCCCC/C=C\C/C=C\C/C=C\CCCCCCCCCCCCC(=O)OCC(COC(=O)CCCCCCCCCC)OC(=O)CCCCCCCC/C=C\C/C=C\C/C=C\CCCCCCC. The molecular formula is C66H116O6. The summed E-state index contributed by atoms with van der Waals surface area (Å²) in [6.07, 6.45) is 77.7. The van der Waals surface area contributed by atoms with Crippen LogP contribution in [0.4, 0.5) is 0 Å². The third-order valence-electron chi connectivity index (χ3n) is 13.4. The Morgan fingerprint density at radius 2 is 0.500 bits per heavy atom. The second-order valence-corrected chi connectivity index (χ2v) is 20.6. The van der Waals surface area contributed by atoms with Crippen molar-refractivity contribution < 1.29 is 28.6 Å². The molecule has 0 aliphatic heterocycles. The van der Waals surface area contributed by atoms with Crippen LogP contribution in [-0.4, -0.2) is 37.2 Å². The van der Waals surface area contributed by atoms with Gasteiger partial charge in [0.05, 0.1) is 0 Å². The summed E-state index contributed by atoms with van der Waals surface area (Å²) in [6, 6.07) is 0. The molecule has 0 radical (unpaired) electrons. The van der Waals surface area contributed by atoms with Gasteiger partial charge in [0.25, 0.3) is 0 Å². The van der Waals surface area contributed by atoms with Gasteiger partial charge in [0.1, 0.15) is 13.2 Å². The van der Waals surface area contributed by atoms with E-state index in [0.717, 1.165) is 96.3 Å². The Kier molecular flexibility index (Phi) is 57.8. The molecule has 6 heteroatoms. The van der Waals surface area contributed by atoms with Crippen LogP contribution in [0, 0.1) is 0 Å². The molecule has 0 N–H and O–H groups in total. The van der Waals surface area contributed by atoms with Crippen LogP contribution < -0.4 is 0 Å². The van der Waals surface area contributed by atoms with Crippen molar-refractivity contribution in [2.24, 2.45) is 0 Å². The lowest BCUT2D eigenvalue weighted by Gasteiger charge is -2.18. The van der Waals surface area contributed by atoms with Gasteiger partial charge in [-0.1, -0.05) is 267 Å². The smallest absolute Gasteiger partial charge is 0.306 e. The fourth-order valence-corrected chi connectivity index (χ4v) is 8.75. The number of carbonyl (C=O) groups excluding carboxylic acids is 3. The van der Waals surface area contributed by atoms with Crippen molar-refractivity contribution in [3.8, 4) is 0 Å². The van der Waals surface area contributed by atoms with Gasteiger partial charge in [0.2, 0.25) is 0 Å². The van der Waals surface area contributed by atoms with Crippen molar-refractivity contribution in [3.63, 3.8) is 0 Å². The highest BCUT2D eigenvalue weighted by Gasteiger charge is 2.19. The summed E-state index contributed by atoms with van der Waals surface area (Å²) in [4.78, 5) is 38.1. The van der Waals surface area contributed by atoms with Crippen LogP contribution in [0.5, 0.6) is 0 Å². The number of rotatable bonds is 56. The van der Waals surface area contributed by atoms with Gasteiger partial charge < -0.3 is 14.2 Å². The maximum Gasteiger partial charge on any atom is 0.306 e. The Morgan fingerprint density at radius 1 is 0.278 bits per heavy atom. The van der Waals surface area contributed by atoms with Gasteiger partial charge in [0.15, 0.2) is 6.10 Å². The fraction of sp³-hybridized carbons (Fsp3) is 0.773. The largest absolute Gasteiger partial charge is 0.462 e. The van der Waals surface area contributed by atoms with E-state index in [-0.39, 0.29) is 31.1 Å². The zero-order valence-corrected chi connectivity index (χ0v) is 47.7. The average Bonchev–Trinajstić information content (AvgIpc) is 3.38. The normalized spacial score (nSPS) is 12.5. The molecule has 0 aromatic heterocycles. The topological polar surface area (TPSA) is 78.9 Å². The molecule has 0 fully saturated rings. The Hall–Kier alpha value is -3.15. The number of allylic oxidation sites excluding steroid dienone is 12. The summed E-state index contributed by atoms with van der Waals surface area (Å²) in [5, 5.41) is 0. The van der Waals surface area contributed by atoms with E-state index in [9.17, 15) is 14.4 Å². The molecular weight excluding hydrogens is 889 g/mol. The fourth-order valence-electron chi connectivity index (χ4n) is 8.75. The number of ether oxygens (including phenoxy) is 3. The number of carbonyl (C=O) groups is 3. The van der Waals surface area contributed by atoms with Gasteiger partial charge in [-0.15, -0.1) is 0 Å². The van der Waals surface area contributed by atoms with Gasteiger partial charge in [0, 0.05) is 19.3 Å². The van der Waals surface area contributed by atoms with E-state index in [0.29, 0.717) is 19.3 Å². The standard InChI is InChI=1S/C66H116O6/c1-4-7-10-13-16-19-21-23-25-27-29-31-32-33-34-36-37-39-41-43-45-47-50-53-56-59-65(68)71-62-63(61-70-64(67)58-55-52-49-18-15-12-9-6-3)72-66(69)60-57-54-51-48-46-44-42-40-38-35-30-28-26-24-22-20-17-14-11-8-5-2/h21-24,27-30,32-33,38,40,63H,4-20,25-26,31,34-37,39,41-62H2,1-3H3/b23-21-,24-22-,29-27-,30-28-,33-32-,40-38-. The third-order valence-corrected chi connectivity index (χ3v) is 13.4. The number of esters is 3. The van der Waals surface area contributed by atoms with Gasteiger partial charge >= 0.3 is 17.9 Å². The molecule has 0 saturated carbocycles. The first-order valence-corrected chi connectivity index (χ1v) is 30.9. The number of hydrogen-bond acceptors (Lipinski definition) is 6. The molecule has 0 spiro atoms. The van der Waals surface area contributed by atoms with Crippen molar-refractivity contribution in [1.29, 1.82) is 0 Å². The highest BCUT2D eigenvalue weighted by atomic mass is 16.6. The number of hydrogen-bond donors (Lipinski definition) is 0. The van der Waals surface area contributed by atoms with Crippen molar-refractivity contribution in [2.75, 3.05) is 13.2 Å². The maximum absolute atomic E-state index is 12.9. The first kappa shape index (κ1) is 68.8. The second kappa shape index (κ2) is 60.4. The van der Waals surface area contributed by atoms with Crippen LogP contribution in [0.1, 0.15) is 310 Å². The third kappa shape index (κ3) is 57.7. The van der Waals surface area contributed by atoms with E-state index in [2.05, 4.69) is 93.7 Å². The Bertz CT molecular complexity index is 1340. The Morgan fingerprint density at radius 3 is 0.778 bits per heavy atom. The van der Waals surface area contributed by atoms with Crippen LogP contribution >= 0.6 is 0 Å². The molecule has 0 heterocycles. The lowest BCUT2D eigenvalue weighted by Crippen LogP contribution is -2.30. The van der Waals surface area contributed by atoms with E-state index in [4.69, 9.17) is 14.2 Å². The average molecular weight is 1010 g/mol. The van der Waals surface area contributed by atoms with Crippen LogP contribution in [0.2, 0.25) is 0 Å². The minimum absolute atomic E-state index is 0.0804. The quantitative estimate of drug-likeness (QED) is 0.0261. The maximum atomic E-state index is 12.9. The molecule has 416 valence electrons. The van der Waals surface area contributed by atoms with Gasteiger partial charge in [-0.2, -0.15) is 0 Å². The van der Waals surface area contributed by atoms with Crippen molar-refractivity contribution >= 4 is 17.9 Å². The zero-order chi connectivity index (χ0) is 52.2. The zero-order valence-electron chi connectivity index (χ0n) is 47.7. The Labute approximate surface area is 446 Å². The molecule has 0 rings (SSSR count). The minimum atomic E-state index is -0.782. The molecule has 0 aromatic rings. The monoisotopic (exact) mass is 1000 g/mol. The Balaban J connectivity index is 4.23. The molecule has 1 atom stereocenters. The van der Waals surface area contributed by atoms with Crippen LogP contribution in [0.25, 0.3) is 0 Å². The second-order valence-electron chi connectivity index (χ2n) is 20.6. The first-order chi connectivity index (χ1) is 35.5. The summed E-state index contributed by atoms with van der Waals surface area (Å²) in [5.74, 6) is -0.891. The predicted molar refractivity (Wildman–Crippen MR) is 311 cm³/mol. The predicted octanol–water partition coefficient (Wildman–Crippen LogP) is 20.9.